The van der Waals surface area contributed by atoms with Crippen molar-refractivity contribution >= 4 is 33.2 Å². The highest BCUT2D eigenvalue weighted by Gasteiger charge is 2.42. The maximum Gasteiger partial charge on any atom is 0.255 e. The molecule has 2 aromatic carbocycles. The van der Waals surface area contributed by atoms with Crippen molar-refractivity contribution in [2.24, 2.45) is 17.8 Å². The van der Waals surface area contributed by atoms with Crippen molar-refractivity contribution in [1.82, 2.24) is 15.1 Å². The monoisotopic (exact) mass is 503 g/mol. The van der Waals surface area contributed by atoms with Crippen molar-refractivity contribution in [2.75, 3.05) is 45.9 Å². The van der Waals surface area contributed by atoms with E-state index in [1.807, 2.05) is 35.7 Å². The van der Waals surface area contributed by atoms with Crippen LogP contribution in [0.15, 0.2) is 60.0 Å². The fourth-order valence-corrected chi connectivity index (χ4v) is 7.04. The zero-order valence-electron chi connectivity index (χ0n) is 20.5. The normalized spacial score (nSPS) is 24.8. The molecule has 3 unspecified atom stereocenters. The van der Waals surface area contributed by atoms with E-state index in [2.05, 4.69) is 39.4 Å². The molecule has 3 fully saturated rings. The zero-order valence-corrected chi connectivity index (χ0v) is 21.3. The number of hydrogen-bond acceptors (Lipinski definition) is 5. The molecule has 1 N–H and O–H groups in total. The summed E-state index contributed by atoms with van der Waals surface area (Å²) < 4.78 is 6.60. The molecular weight excluding hydrogens is 470 g/mol. The van der Waals surface area contributed by atoms with Gasteiger partial charge >= 0.3 is 0 Å². The van der Waals surface area contributed by atoms with Crippen molar-refractivity contribution in [1.29, 1.82) is 0 Å². The van der Waals surface area contributed by atoms with Crippen LogP contribution >= 0.6 is 11.3 Å². The Kier molecular flexibility index (Phi) is 6.78. The van der Waals surface area contributed by atoms with Gasteiger partial charge in [-0.05, 0) is 36.3 Å². The number of amides is 2. The Bertz CT molecular complexity index is 1210. The number of carbonyl (C=O) groups is 2. The van der Waals surface area contributed by atoms with Crippen LogP contribution in [-0.4, -0.2) is 67.6 Å². The first-order valence-electron chi connectivity index (χ1n) is 13.1. The summed E-state index contributed by atoms with van der Waals surface area (Å²) in [6, 6.07) is 18.5. The summed E-state index contributed by atoms with van der Waals surface area (Å²) in [6.45, 7) is 5.86. The average molecular weight is 504 g/mol. The number of nitrogens with one attached hydrogen (secondary N) is 1. The number of ether oxygens (including phenoxy) is 1. The predicted molar refractivity (Wildman–Crippen MR) is 142 cm³/mol. The van der Waals surface area contributed by atoms with Crippen LogP contribution < -0.4 is 5.32 Å². The average Bonchev–Trinajstić information content (AvgIpc) is 3.70. The van der Waals surface area contributed by atoms with E-state index < -0.39 is 0 Å². The molecule has 0 saturated carbocycles. The number of benzene rings is 2. The van der Waals surface area contributed by atoms with Gasteiger partial charge in [0.15, 0.2) is 0 Å². The Morgan fingerprint density at radius 3 is 2.50 bits per heavy atom. The van der Waals surface area contributed by atoms with Gasteiger partial charge in [0.1, 0.15) is 0 Å². The highest BCUT2D eigenvalue weighted by atomic mass is 32.1. The highest BCUT2D eigenvalue weighted by Crippen LogP contribution is 2.34. The maximum atomic E-state index is 13.3. The second-order valence-corrected chi connectivity index (χ2v) is 11.4. The summed E-state index contributed by atoms with van der Waals surface area (Å²) in [5.41, 5.74) is 2.01. The minimum atomic E-state index is -0.0359. The molecule has 4 atom stereocenters. The first kappa shape index (κ1) is 23.6. The number of carbonyl (C=O) groups excluding carboxylic acids is 2. The number of hydrogen-bond donors (Lipinski definition) is 1. The number of likely N-dealkylation sites (tertiary alicyclic amines) is 2. The van der Waals surface area contributed by atoms with E-state index in [1.165, 1.54) is 4.70 Å². The van der Waals surface area contributed by atoms with Crippen LogP contribution in [0.25, 0.3) is 10.1 Å². The summed E-state index contributed by atoms with van der Waals surface area (Å²) in [6.07, 6.45) is 1.69. The van der Waals surface area contributed by atoms with Crippen LogP contribution in [0.3, 0.4) is 0 Å². The predicted octanol–water partition coefficient (Wildman–Crippen LogP) is 4.19. The molecule has 0 radical (unpaired) electrons. The van der Waals surface area contributed by atoms with E-state index in [9.17, 15) is 9.59 Å². The molecule has 2 amide bonds. The molecule has 1 aromatic heterocycles. The van der Waals surface area contributed by atoms with Crippen LogP contribution in [0, 0.1) is 17.8 Å². The fourth-order valence-electron chi connectivity index (χ4n) is 6.10. The molecule has 0 aliphatic carbocycles. The number of nitrogens with zero attached hydrogens (tertiary/aromatic N) is 2. The molecule has 3 aliphatic heterocycles. The van der Waals surface area contributed by atoms with Gasteiger partial charge in [-0.1, -0.05) is 48.5 Å². The number of thiophene rings is 1. The fraction of sp³-hybridized carbons (Fsp3) is 0.448. The summed E-state index contributed by atoms with van der Waals surface area (Å²) in [5.74, 6) is 1.30. The minimum Gasteiger partial charge on any atom is -0.381 e. The molecule has 0 bridgehead atoms. The largest absolute Gasteiger partial charge is 0.381 e. The Balaban J connectivity index is 1.05. The van der Waals surface area contributed by atoms with E-state index in [0.717, 1.165) is 62.1 Å². The Morgan fingerprint density at radius 2 is 1.75 bits per heavy atom. The first-order chi connectivity index (χ1) is 17.7. The lowest BCUT2D eigenvalue weighted by Crippen LogP contribution is -2.37. The molecule has 3 aromatic rings. The minimum absolute atomic E-state index is 0.00434. The third kappa shape index (κ3) is 4.80. The zero-order chi connectivity index (χ0) is 24.5. The molecule has 7 heteroatoms. The van der Waals surface area contributed by atoms with Crippen LogP contribution in [0.4, 0.5) is 0 Å². The number of fused-ring (bicyclic) bond motifs is 2. The molecule has 36 heavy (non-hydrogen) atoms. The van der Waals surface area contributed by atoms with E-state index in [4.69, 9.17) is 4.74 Å². The lowest BCUT2D eigenvalue weighted by Gasteiger charge is -2.25. The summed E-state index contributed by atoms with van der Waals surface area (Å²) in [7, 11) is 0. The smallest absolute Gasteiger partial charge is 0.255 e. The second kappa shape index (κ2) is 10.3. The Morgan fingerprint density at radius 1 is 1.00 bits per heavy atom. The van der Waals surface area contributed by atoms with Crippen LogP contribution in [0.2, 0.25) is 0 Å². The molecule has 188 valence electrons. The molecule has 0 spiro atoms. The summed E-state index contributed by atoms with van der Waals surface area (Å²) in [4.78, 5) is 30.7. The Labute approximate surface area is 216 Å². The standard InChI is InChI=1S/C29H33N3O3S/c33-28(21-11-13-35-18-21)30-26(20-6-2-1-3-7-20)10-12-31-14-22-16-32(17-23(22)15-31)29(34)25-19-36-27-9-5-4-8-24(25)27/h1-9,19,21-23,26H,10-18H2,(H,30,33)/t21?,22?,23?,26-/m0/s1. The molecule has 3 aliphatic rings. The summed E-state index contributed by atoms with van der Waals surface area (Å²) >= 11 is 1.65. The highest BCUT2D eigenvalue weighted by molar-refractivity contribution is 7.17. The van der Waals surface area contributed by atoms with Gasteiger partial charge in [-0.2, -0.15) is 0 Å². The van der Waals surface area contributed by atoms with Crippen molar-refractivity contribution in [2.45, 2.75) is 18.9 Å². The molecular formula is C29H33N3O3S. The van der Waals surface area contributed by atoms with Crippen LogP contribution in [0.1, 0.15) is 34.8 Å². The molecule has 4 heterocycles. The molecule has 3 saturated heterocycles. The van der Waals surface area contributed by atoms with Gasteiger partial charge in [0.05, 0.1) is 24.1 Å². The van der Waals surface area contributed by atoms with E-state index in [1.54, 1.807) is 11.3 Å². The van der Waals surface area contributed by atoms with Gasteiger partial charge in [0.2, 0.25) is 5.91 Å². The van der Waals surface area contributed by atoms with Gasteiger partial charge in [-0.25, -0.2) is 0 Å². The van der Waals surface area contributed by atoms with Gasteiger partial charge in [-0.3, -0.25) is 9.59 Å². The van der Waals surface area contributed by atoms with Crippen molar-refractivity contribution in [3.63, 3.8) is 0 Å². The quantitative estimate of drug-likeness (QED) is 0.525. The van der Waals surface area contributed by atoms with E-state index in [0.29, 0.717) is 25.0 Å². The van der Waals surface area contributed by atoms with Crippen LogP contribution in [0.5, 0.6) is 0 Å². The van der Waals surface area contributed by atoms with Crippen molar-refractivity contribution < 1.29 is 14.3 Å². The summed E-state index contributed by atoms with van der Waals surface area (Å²) in [5, 5.41) is 6.39. The van der Waals surface area contributed by atoms with E-state index >= 15 is 0 Å². The van der Waals surface area contributed by atoms with Gasteiger partial charge in [0, 0.05) is 54.8 Å². The molecule has 6 nitrogen and oxygen atoms in total. The molecule has 6 rings (SSSR count). The van der Waals surface area contributed by atoms with Gasteiger partial charge in [-0.15, -0.1) is 11.3 Å². The third-order valence-corrected chi connectivity index (χ3v) is 9.08. The first-order valence-corrected chi connectivity index (χ1v) is 13.9. The lowest BCUT2D eigenvalue weighted by molar-refractivity contribution is -0.125. The Hall–Kier alpha value is -2.74. The second-order valence-electron chi connectivity index (χ2n) is 10.5. The van der Waals surface area contributed by atoms with E-state index in [-0.39, 0.29) is 23.8 Å². The van der Waals surface area contributed by atoms with Crippen LogP contribution in [-0.2, 0) is 9.53 Å². The maximum absolute atomic E-state index is 13.3. The topological polar surface area (TPSA) is 61.9 Å². The van der Waals surface area contributed by atoms with Crippen molar-refractivity contribution in [3.8, 4) is 0 Å². The van der Waals surface area contributed by atoms with Gasteiger partial charge in [0.25, 0.3) is 5.91 Å². The third-order valence-electron chi connectivity index (χ3n) is 8.11. The van der Waals surface area contributed by atoms with Gasteiger partial charge < -0.3 is 19.9 Å². The number of rotatable bonds is 7. The van der Waals surface area contributed by atoms with Crippen molar-refractivity contribution in [3.05, 3.63) is 71.1 Å². The SMILES string of the molecule is O=C(N[C@@H](CCN1CC2CN(C(=O)c3csc4ccccc34)CC2C1)c1ccccc1)C1CCOC1. The lowest BCUT2D eigenvalue weighted by atomic mass is 10.0.